The summed E-state index contributed by atoms with van der Waals surface area (Å²) in [5, 5.41) is 19.4. The third kappa shape index (κ3) is 4.10. The Bertz CT molecular complexity index is 1310. The van der Waals surface area contributed by atoms with E-state index in [1.165, 1.54) is 12.1 Å². The molecule has 10 nitrogen and oxygen atoms in total. The number of piperazine rings is 1. The number of phenols is 2. The molecule has 1 fully saturated rings. The van der Waals surface area contributed by atoms with Crippen molar-refractivity contribution in [1.29, 1.82) is 0 Å². The van der Waals surface area contributed by atoms with Crippen molar-refractivity contribution in [2.24, 2.45) is 0 Å². The van der Waals surface area contributed by atoms with E-state index in [0.717, 1.165) is 5.56 Å². The Balaban J connectivity index is 1.36. The third-order valence-electron chi connectivity index (χ3n) is 5.73. The fraction of sp³-hybridized carbons (Fsp3) is 0.217. The Morgan fingerprint density at radius 3 is 2.45 bits per heavy atom. The quantitative estimate of drug-likeness (QED) is 0.349. The number of nitrogens with zero attached hydrogens (tertiary/aromatic N) is 5. The van der Waals surface area contributed by atoms with Crippen molar-refractivity contribution in [2.45, 2.75) is 6.42 Å². The number of nitrogen functional groups attached to an aromatic ring is 1. The first kappa shape index (κ1) is 20.6. The standard InChI is InChI=1S/C23H23N7O3/c24-23-27-21-19(25-20(26-21)15-6-7-16(31)17(32)13-15)22(28-23)30-10-8-29(9-11-30)18(33)12-14-4-2-1-3-5-14/h1-7,13,31-32H,8-12H2,(H3,24,25,26,27,28). The number of H-pyrrole nitrogens is 1. The molecule has 0 unspecified atom stereocenters. The largest absolute Gasteiger partial charge is 0.504 e. The van der Waals surface area contributed by atoms with E-state index < -0.39 is 0 Å². The Kier molecular flexibility index (Phi) is 5.17. The zero-order chi connectivity index (χ0) is 22.9. The molecule has 10 heteroatoms. The number of hydrogen-bond donors (Lipinski definition) is 4. The normalized spacial score (nSPS) is 14.1. The van der Waals surface area contributed by atoms with Crippen LogP contribution >= 0.6 is 0 Å². The molecule has 1 amide bonds. The molecule has 3 heterocycles. The first-order valence-corrected chi connectivity index (χ1v) is 10.6. The maximum absolute atomic E-state index is 12.7. The lowest BCUT2D eigenvalue weighted by molar-refractivity contribution is -0.130. The number of carbonyl (C=O) groups is 1. The van der Waals surface area contributed by atoms with E-state index in [9.17, 15) is 15.0 Å². The summed E-state index contributed by atoms with van der Waals surface area (Å²) < 4.78 is 0. The average molecular weight is 445 g/mol. The van der Waals surface area contributed by atoms with Crippen LogP contribution in [0.2, 0.25) is 0 Å². The number of rotatable bonds is 4. The van der Waals surface area contributed by atoms with Crippen LogP contribution in [-0.2, 0) is 11.2 Å². The minimum absolute atomic E-state index is 0.101. The summed E-state index contributed by atoms with van der Waals surface area (Å²) in [6.07, 6.45) is 0.384. The van der Waals surface area contributed by atoms with Gasteiger partial charge in [0.05, 0.1) is 6.42 Å². The van der Waals surface area contributed by atoms with Crippen molar-refractivity contribution in [3.05, 3.63) is 54.1 Å². The highest BCUT2D eigenvalue weighted by Gasteiger charge is 2.25. The predicted molar refractivity (Wildman–Crippen MR) is 124 cm³/mol. The molecule has 1 saturated heterocycles. The molecule has 2 aromatic heterocycles. The van der Waals surface area contributed by atoms with Gasteiger partial charge in [0.25, 0.3) is 0 Å². The van der Waals surface area contributed by atoms with Gasteiger partial charge in [-0.25, -0.2) is 4.98 Å². The molecule has 0 atom stereocenters. The number of aromatic amines is 1. The second-order valence-electron chi connectivity index (χ2n) is 7.92. The van der Waals surface area contributed by atoms with E-state index in [4.69, 9.17) is 5.73 Å². The van der Waals surface area contributed by atoms with Crippen LogP contribution in [0.25, 0.3) is 22.6 Å². The molecule has 5 rings (SSSR count). The lowest BCUT2D eigenvalue weighted by Gasteiger charge is -2.35. The van der Waals surface area contributed by atoms with Gasteiger partial charge in [-0.15, -0.1) is 0 Å². The summed E-state index contributed by atoms with van der Waals surface area (Å²) in [5.74, 6) is 0.845. The highest BCUT2D eigenvalue weighted by atomic mass is 16.3. The van der Waals surface area contributed by atoms with Crippen molar-refractivity contribution in [3.63, 3.8) is 0 Å². The number of carbonyl (C=O) groups excluding carboxylic acids is 1. The summed E-state index contributed by atoms with van der Waals surface area (Å²) >= 11 is 0. The minimum atomic E-state index is -0.241. The molecule has 0 aliphatic carbocycles. The zero-order valence-electron chi connectivity index (χ0n) is 17.8. The molecule has 0 saturated carbocycles. The summed E-state index contributed by atoms with van der Waals surface area (Å²) in [7, 11) is 0. The third-order valence-corrected chi connectivity index (χ3v) is 5.73. The first-order valence-electron chi connectivity index (χ1n) is 10.6. The molecule has 4 aromatic rings. The molecule has 33 heavy (non-hydrogen) atoms. The highest BCUT2D eigenvalue weighted by molar-refractivity contribution is 5.87. The molecular formula is C23H23N7O3. The van der Waals surface area contributed by atoms with Gasteiger partial charge in [-0.05, 0) is 23.8 Å². The maximum Gasteiger partial charge on any atom is 0.227 e. The number of anilines is 2. The first-order chi connectivity index (χ1) is 16.0. The van der Waals surface area contributed by atoms with Crippen LogP contribution in [0.5, 0.6) is 11.5 Å². The van der Waals surface area contributed by atoms with Crippen LogP contribution in [0, 0.1) is 0 Å². The number of phenolic OH excluding ortho intramolecular Hbond substituents is 2. The van der Waals surface area contributed by atoms with E-state index in [2.05, 4.69) is 24.8 Å². The van der Waals surface area contributed by atoms with Crippen LogP contribution < -0.4 is 10.6 Å². The number of nitrogens with one attached hydrogen (secondary N) is 1. The number of fused-ring (bicyclic) bond motifs is 1. The van der Waals surface area contributed by atoms with Crippen LogP contribution in [0.3, 0.4) is 0 Å². The van der Waals surface area contributed by atoms with Gasteiger partial charge in [0.2, 0.25) is 11.9 Å². The van der Waals surface area contributed by atoms with Gasteiger partial charge in [0.1, 0.15) is 11.3 Å². The van der Waals surface area contributed by atoms with Gasteiger partial charge in [0.15, 0.2) is 23.0 Å². The number of benzene rings is 2. The Morgan fingerprint density at radius 1 is 0.970 bits per heavy atom. The SMILES string of the molecule is Nc1nc(N2CCN(C(=O)Cc3ccccc3)CC2)c2[nH]c(-c3ccc(O)c(O)c3)nc2n1. The fourth-order valence-electron chi connectivity index (χ4n) is 3.98. The topological polar surface area (TPSA) is 144 Å². The van der Waals surface area contributed by atoms with Crippen LogP contribution in [-0.4, -0.2) is 67.1 Å². The van der Waals surface area contributed by atoms with Gasteiger partial charge in [-0.2, -0.15) is 9.97 Å². The molecule has 1 aliphatic rings. The fourth-order valence-corrected chi connectivity index (χ4v) is 3.98. The molecule has 0 radical (unpaired) electrons. The van der Waals surface area contributed by atoms with Crippen molar-refractivity contribution in [3.8, 4) is 22.9 Å². The molecule has 1 aliphatic heterocycles. The van der Waals surface area contributed by atoms with Gasteiger partial charge >= 0.3 is 0 Å². The molecule has 2 aromatic carbocycles. The minimum Gasteiger partial charge on any atom is -0.504 e. The van der Waals surface area contributed by atoms with Gasteiger partial charge < -0.3 is 30.7 Å². The molecule has 0 bridgehead atoms. The van der Waals surface area contributed by atoms with Crippen LogP contribution in [0.1, 0.15) is 5.56 Å². The Hall–Kier alpha value is -4.34. The highest BCUT2D eigenvalue weighted by Crippen LogP contribution is 2.32. The van der Waals surface area contributed by atoms with Gasteiger partial charge in [-0.3, -0.25) is 4.79 Å². The van der Waals surface area contributed by atoms with E-state index in [1.54, 1.807) is 6.07 Å². The Morgan fingerprint density at radius 2 is 1.73 bits per heavy atom. The van der Waals surface area contributed by atoms with E-state index in [-0.39, 0.29) is 23.4 Å². The van der Waals surface area contributed by atoms with Crippen LogP contribution in [0.15, 0.2) is 48.5 Å². The van der Waals surface area contributed by atoms with Crippen molar-refractivity contribution in [2.75, 3.05) is 36.8 Å². The lowest BCUT2D eigenvalue weighted by Crippen LogP contribution is -2.49. The molecular weight excluding hydrogens is 422 g/mol. The number of imidazole rings is 1. The predicted octanol–water partition coefficient (Wildman–Crippen LogP) is 1.90. The molecule has 0 spiro atoms. The Labute approximate surface area is 189 Å². The number of aromatic hydroxyl groups is 2. The van der Waals surface area contributed by atoms with E-state index >= 15 is 0 Å². The van der Waals surface area contributed by atoms with E-state index in [1.807, 2.05) is 35.2 Å². The van der Waals surface area contributed by atoms with E-state index in [0.29, 0.717) is 61.0 Å². The summed E-state index contributed by atoms with van der Waals surface area (Å²) in [4.78, 5) is 33.0. The summed E-state index contributed by atoms with van der Waals surface area (Å²) in [5.41, 5.74) is 8.56. The number of aromatic nitrogens is 4. The summed E-state index contributed by atoms with van der Waals surface area (Å²) in [6, 6.07) is 14.2. The number of amides is 1. The van der Waals surface area contributed by atoms with Crippen molar-refractivity contribution in [1.82, 2.24) is 24.8 Å². The van der Waals surface area contributed by atoms with Crippen molar-refractivity contribution >= 4 is 28.8 Å². The smallest absolute Gasteiger partial charge is 0.227 e. The average Bonchev–Trinajstić information content (AvgIpc) is 3.25. The van der Waals surface area contributed by atoms with Crippen molar-refractivity contribution < 1.29 is 15.0 Å². The lowest BCUT2D eigenvalue weighted by atomic mass is 10.1. The van der Waals surface area contributed by atoms with Crippen LogP contribution in [0.4, 0.5) is 11.8 Å². The second kappa shape index (κ2) is 8.30. The van der Waals surface area contributed by atoms with Gasteiger partial charge in [0, 0.05) is 31.7 Å². The maximum atomic E-state index is 12.7. The molecule has 5 N–H and O–H groups in total. The number of hydrogen-bond acceptors (Lipinski definition) is 8. The summed E-state index contributed by atoms with van der Waals surface area (Å²) in [6.45, 7) is 2.34. The molecule has 168 valence electrons. The monoisotopic (exact) mass is 445 g/mol. The number of nitrogens with two attached hydrogens (primary N) is 1. The zero-order valence-corrected chi connectivity index (χ0v) is 17.8. The van der Waals surface area contributed by atoms with Gasteiger partial charge in [-0.1, -0.05) is 30.3 Å². The second-order valence-corrected chi connectivity index (χ2v) is 7.92.